The van der Waals surface area contributed by atoms with Crippen LogP contribution in [0.25, 0.3) is 11.3 Å². The third kappa shape index (κ3) is 2.03. The highest BCUT2D eigenvalue weighted by Crippen LogP contribution is 2.14. The topological polar surface area (TPSA) is 76.0 Å². The minimum absolute atomic E-state index is 0.0712. The summed E-state index contributed by atoms with van der Waals surface area (Å²) in [6.07, 6.45) is 4.37. The number of carboxylic acid groups (broad SMARTS) is 1. The highest BCUT2D eigenvalue weighted by molar-refractivity contribution is 5.85. The Balaban J connectivity index is 2.44. The van der Waals surface area contributed by atoms with E-state index in [1.54, 1.807) is 6.20 Å². The Kier molecular flexibility index (Phi) is 2.59. The Morgan fingerprint density at radius 1 is 1.25 bits per heavy atom. The highest BCUT2D eigenvalue weighted by atomic mass is 16.4. The predicted octanol–water partition coefficient (Wildman–Crippen LogP) is 1.55. The van der Waals surface area contributed by atoms with Crippen molar-refractivity contribution in [1.82, 2.24) is 15.0 Å². The molecule has 5 heteroatoms. The van der Waals surface area contributed by atoms with Crippen molar-refractivity contribution in [1.29, 1.82) is 0 Å². The molecule has 1 N–H and O–H groups in total. The number of aromatic nitrogens is 3. The molecule has 80 valence electrons. The molecule has 0 fully saturated rings. The van der Waals surface area contributed by atoms with Crippen molar-refractivity contribution in [2.75, 3.05) is 0 Å². The van der Waals surface area contributed by atoms with E-state index < -0.39 is 5.97 Å². The average molecular weight is 215 g/mol. The lowest BCUT2D eigenvalue weighted by molar-refractivity contribution is 0.0690. The molecule has 5 nitrogen and oxygen atoms in total. The molecule has 0 saturated heterocycles. The van der Waals surface area contributed by atoms with Crippen molar-refractivity contribution in [2.45, 2.75) is 6.92 Å². The number of hydrogen-bond acceptors (Lipinski definition) is 4. The van der Waals surface area contributed by atoms with E-state index in [0.717, 1.165) is 11.3 Å². The quantitative estimate of drug-likeness (QED) is 0.822. The third-order valence-corrected chi connectivity index (χ3v) is 2.06. The summed E-state index contributed by atoms with van der Waals surface area (Å²) in [5.74, 6) is -1.09. The van der Waals surface area contributed by atoms with Crippen molar-refractivity contribution < 1.29 is 9.90 Å². The lowest BCUT2D eigenvalue weighted by Crippen LogP contribution is -2.02. The van der Waals surface area contributed by atoms with Gasteiger partial charge in [-0.1, -0.05) is 0 Å². The zero-order valence-electron chi connectivity index (χ0n) is 8.58. The van der Waals surface area contributed by atoms with Crippen molar-refractivity contribution >= 4 is 5.97 Å². The average Bonchev–Trinajstić information content (AvgIpc) is 2.30. The summed E-state index contributed by atoms with van der Waals surface area (Å²) in [5.41, 5.74) is 2.08. The van der Waals surface area contributed by atoms with E-state index in [2.05, 4.69) is 15.0 Å². The van der Waals surface area contributed by atoms with E-state index in [-0.39, 0.29) is 5.69 Å². The monoisotopic (exact) mass is 215 g/mol. The maximum atomic E-state index is 10.7. The lowest BCUT2D eigenvalue weighted by Gasteiger charge is -2.01. The largest absolute Gasteiger partial charge is 0.476 e. The Labute approximate surface area is 91.8 Å². The van der Waals surface area contributed by atoms with Crippen LogP contribution >= 0.6 is 0 Å². The maximum absolute atomic E-state index is 10.7. The van der Waals surface area contributed by atoms with Gasteiger partial charge in [0.05, 0.1) is 18.1 Å². The second-order valence-corrected chi connectivity index (χ2v) is 3.28. The molecule has 0 aliphatic carbocycles. The number of hydrogen-bond donors (Lipinski definition) is 1. The second-order valence-electron chi connectivity index (χ2n) is 3.28. The molecule has 16 heavy (non-hydrogen) atoms. The molecule has 0 atom stereocenters. The fourth-order valence-electron chi connectivity index (χ4n) is 1.23. The standard InChI is InChI=1S/C11H9N3O2/c1-7-2-3-8(4-13-7)9-5-12-6-10(14-9)11(15)16/h2-6H,1H3,(H,15,16). The number of rotatable bonds is 2. The predicted molar refractivity (Wildman–Crippen MR) is 57.0 cm³/mol. The lowest BCUT2D eigenvalue weighted by atomic mass is 10.2. The first-order chi connectivity index (χ1) is 7.66. The van der Waals surface area contributed by atoms with Gasteiger partial charge in [-0.2, -0.15) is 0 Å². The molecule has 0 spiro atoms. The SMILES string of the molecule is Cc1ccc(-c2cncc(C(=O)O)n2)cn1. The van der Waals surface area contributed by atoms with Gasteiger partial charge >= 0.3 is 5.97 Å². The number of aromatic carboxylic acids is 1. The third-order valence-electron chi connectivity index (χ3n) is 2.06. The molecule has 2 rings (SSSR count). The molecule has 2 aromatic rings. The molecular weight excluding hydrogens is 206 g/mol. The van der Waals surface area contributed by atoms with Gasteiger partial charge < -0.3 is 5.11 Å². The summed E-state index contributed by atoms with van der Waals surface area (Å²) in [6, 6.07) is 3.67. The van der Waals surface area contributed by atoms with Crippen LogP contribution < -0.4 is 0 Å². The molecule has 0 unspecified atom stereocenters. The molecule has 0 aliphatic rings. The number of aryl methyl sites for hydroxylation is 1. The van der Waals surface area contributed by atoms with E-state index in [9.17, 15) is 4.79 Å². The van der Waals surface area contributed by atoms with Crippen molar-refractivity contribution in [3.05, 3.63) is 42.1 Å². The molecule has 0 bridgehead atoms. The number of carboxylic acids is 1. The molecule has 0 radical (unpaired) electrons. The van der Waals surface area contributed by atoms with Crippen LogP contribution in [-0.4, -0.2) is 26.0 Å². The summed E-state index contributed by atoms with van der Waals surface area (Å²) in [5, 5.41) is 8.78. The van der Waals surface area contributed by atoms with Crippen LogP contribution in [0.2, 0.25) is 0 Å². The Hall–Kier alpha value is -2.30. The van der Waals surface area contributed by atoms with Crippen molar-refractivity contribution in [2.24, 2.45) is 0 Å². The minimum atomic E-state index is -1.09. The maximum Gasteiger partial charge on any atom is 0.356 e. The molecule has 0 amide bonds. The summed E-state index contributed by atoms with van der Waals surface area (Å²) in [6.45, 7) is 1.88. The fraction of sp³-hybridized carbons (Fsp3) is 0.0909. The Bertz CT molecular complexity index is 523. The molecule has 0 aromatic carbocycles. The van der Waals surface area contributed by atoms with Gasteiger partial charge in [-0.3, -0.25) is 9.97 Å². The Morgan fingerprint density at radius 2 is 2.06 bits per heavy atom. The van der Waals surface area contributed by atoms with Gasteiger partial charge in [0, 0.05) is 17.5 Å². The number of carbonyl (C=O) groups is 1. The summed E-state index contributed by atoms with van der Waals surface area (Å²) >= 11 is 0. The van der Waals surface area contributed by atoms with Gasteiger partial charge in [0.25, 0.3) is 0 Å². The molecule has 0 saturated carbocycles. The van der Waals surface area contributed by atoms with Crippen LogP contribution in [0.4, 0.5) is 0 Å². The minimum Gasteiger partial charge on any atom is -0.476 e. The van der Waals surface area contributed by atoms with Gasteiger partial charge in [-0.05, 0) is 19.1 Å². The van der Waals surface area contributed by atoms with Crippen LogP contribution in [0.1, 0.15) is 16.2 Å². The van der Waals surface area contributed by atoms with Crippen LogP contribution in [-0.2, 0) is 0 Å². The number of nitrogens with zero attached hydrogens (tertiary/aromatic N) is 3. The van der Waals surface area contributed by atoms with Gasteiger partial charge in [0.2, 0.25) is 0 Å². The second kappa shape index (κ2) is 4.06. The van der Waals surface area contributed by atoms with E-state index >= 15 is 0 Å². The van der Waals surface area contributed by atoms with E-state index in [0.29, 0.717) is 5.69 Å². The van der Waals surface area contributed by atoms with Gasteiger partial charge in [-0.25, -0.2) is 9.78 Å². The first-order valence-corrected chi connectivity index (χ1v) is 4.65. The van der Waals surface area contributed by atoms with Gasteiger partial charge in [0.1, 0.15) is 0 Å². The first kappa shape index (κ1) is 10.2. The van der Waals surface area contributed by atoms with E-state index in [4.69, 9.17) is 5.11 Å². The normalized spacial score (nSPS) is 10.1. The summed E-state index contributed by atoms with van der Waals surface area (Å²) < 4.78 is 0. The number of pyridine rings is 1. The van der Waals surface area contributed by atoms with Gasteiger partial charge in [0.15, 0.2) is 5.69 Å². The molecule has 0 aliphatic heterocycles. The van der Waals surface area contributed by atoms with Crippen LogP contribution in [0.5, 0.6) is 0 Å². The van der Waals surface area contributed by atoms with E-state index in [1.165, 1.54) is 12.4 Å². The van der Waals surface area contributed by atoms with Crippen LogP contribution in [0.3, 0.4) is 0 Å². The van der Waals surface area contributed by atoms with Crippen LogP contribution in [0, 0.1) is 6.92 Å². The molecule has 2 heterocycles. The summed E-state index contributed by atoms with van der Waals surface area (Å²) in [7, 11) is 0. The smallest absolute Gasteiger partial charge is 0.356 e. The fourth-order valence-corrected chi connectivity index (χ4v) is 1.23. The van der Waals surface area contributed by atoms with Crippen molar-refractivity contribution in [3.8, 4) is 11.3 Å². The summed E-state index contributed by atoms with van der Waals surface area (Å²) in [4.78, 5) is 22.6. The highest BCUT2D eigenvalue weighted by Gasteiger charge is 2.07. The van der Waals surface area contributed by atoms with Crippen LogP contribution in [0.15, 0.2) is 30.7 Å². The first-order valence-electron chi connectivity index (χ1n) is 4.65. The zero-order chi connectivity index (χ0) is 11.5. The molecular formula is C11H9N3O2. The van der Waals surface area contributed by atoms with Gasteiger partial charge in [-0.15, -0.1) is 0 Å². The zero-order valence-corrected chi connectivity index (χ0v) is 8.58. The van der Waals surface area contributed by atoms with E-state index in [1.807, 2.05) is 19.1 Å². The van der Waals surface area contributed by atoms with Crippen molar-refractivity contribution in [3.63, 3.8) is 0 Å². The molecule has 2 aromatic heterocycles. The Morgan fingerprint density at radius 3 is 2.69 bits per heavy atom.